The summed E-state index contributed by atoms with van der Waals surface area (Å²) in [5.74, 6) is 0.234. The Bertz CT molecular complexity index is 299. The molecule has 2 aliphatic rings. The van der Waals surface area contributed by atoms with Crippen LogP contribution in [0.25, 0.3) is 0 Å². The number of hydrogen-bond acceptors (Lipinski definition) is 3. The van der Waals surface area contributed by atoms with Gasteiger partial charge in [0, 0.05) is 38.1 Å². The zero-order valence-corrected chi connectivity index (χ0v) is 10.5. The first-order valence-electron chi connectivity index (χ1n) is 6.39. The van der Waals surface area contributed by atoms with E-state index in [4.69, 9.17) is 0 Å². The van der Waals surface area contributed by atoms with Crippen LogP contribution >= 0.6 is 0 Å². The summed E-state index contributed by atoms with van der Waals surface area (Å²) in [6.07, 6.45) is 1.17. The predicted octanol–water partition coefficient (Wildman–Crippen LogP) is -0.279. The highest BCUT2D eigenvalue weighted by Crippen LogP contribution is 2.19. The zero-order chi connectivity index (χ0) is 12.4. The fourth-order valence-electron chi connectivity index (χ4n) is 2.72. The molecule has 0 aromatic carbocycles. The normalized spacial score (nSPS) is 34.4. The molecule has 3 unspecified atom stereocenters. The van der Waals surface area contributed by atoms with Gasteiger partial charge in [0.25, 0.3) is 0 Å². The molecule has 2 fully saturated rings. The van der Waals surface area contributed by atoms with Crippen LogP contribution in [-0.4, -0.2) is 48.4 Å². The van der Waals surface area contributed by atoms with Crippen LogP contribution in [0.2, 0.25) is 0 Å². The molecule has 0 bridgehead atoms. The van der Waals surface area contributed by atoms with Crippen molar-refractivity contribution in [3.63, 3.8) is 0 Å². The molecule has 5 heteroatoms. The fourth-order valence-corrected chi connectivity index (χ4v) is 2.72. The minimum Gasteiger partial charge on any atom is -0.355 e. The van der Waals surface area contributed by atoms with E-state index in [1.807, 2.05) is 4.90 Å². The van der Waals surface area contributed by atoms with Crippen molar-refractivity contribution in [2.24, 2.45) is 5.92 Å². The number of nitrogens with zero attached hydrogens (tertiary/aromatic N) is 1. The summed E-state index contributed by atoms with van der Waals surface area (Å²) in [6.45, 7) is 6.36. The lowest BCUT2D eigenvalue weighted by Crippen LogP contribution is -2.59. The second-order valence-electron chi connectivity index (χ2n) is 5.14. The molecule has 96 valence electrons. The molecule has 0 spiro atoms. The highest BCUT2D eigenvalue weighted by atomic mass is 16.2. The van der Waals surface area contributed by atoms with Crippen LogP contribution in [-0.2, 0) is 9.59 Å². The van der Waals surface area contributed by atoms with Crippen molar-refractivity contribution in [2.75, 3.05) is 19.6 Å². The van der Waals surface area contributed by atoms with Crippen LogP contribution in [0.4, 0.5) is 0 Å². The average molecular weight is 239 g/mol. The molecular formula is C12H21N3O2. The fraction of sp³-hybridized carbons (Fsp3) is 0.833. The van der Waals surface area contributed by atoms with E-state index in [0.29, 0.717) is 19.4 Å². The molecule has 2 aliphatic heterocycles. The van der Waals surface area contributed by atoms with Crippen molar-refractivity contribution < 1.29 is 9.59 Å². The minimum absolute atomic E-state index is 0.0318. The summed E-state index contributed by atoms with van der Waals surface area (Å²) in [5.41, 5.74) is 0. The number of rotatable bonds is 1. The van der Waals surface area contributed by atoms with Crippen molar-refractivity contribution in [1.82, 2.24) is 15.5 Å². The maximum Gasteiger partial charge on any atom is 0.228 e. The molecule has 5 nitrogen and oxygen atoms in total. The summed E-state index contributed by atoms with van der Waals surface area (Å²) >= 11 is 0. The topological polar surface area (TPSA) is 61.4 Å². The van der Waals surface area contributed by atoms with Crippen LogP contribution in [0.5, 0.6) is 0 Å². The van der Waals surface area contributed by atoms with Gasteiger partial charge in [0.15, 0.2) is 0 Å². The first-order valence-corrected chi connectivity index (χ1v) is 6.39. The van der Waals surface area contributed by atoms with Gasteiger partial charge >= 0.3 is 0 Å². The van der Waals surface area contributed by atoms with Crippen LogP contribution < -0.4 is 10.6 Å². The lowest BCUT2D eigenvalue weighted by Gasteiger charge is -2.41. The van der Waals surface area contributed by atoms with Gasteiger partial charge in [-0.15, -0.1) is 0 Å². The van der Waals surface area contributed by atoms with E-state index in [0.717, 1.165) is 13.1 Å². The van der Waals surface area contributed by atoms with Gasteiger partial charge in [-0.2, -0.15) is 0 Å². The van der Waals surface area contributed by atoms with Crippen LogP contribution in [0.3, 0.4) is 0 Å². The standard InChI is InChI=1S/C12H21N3O2/c1-8-5-13-6-9(2)15(8)12(17)10-3-4-11(16)14-7-10/h8-10,13H,3-7H2,1-2H3,(H,14,16). The largest absolute Gasteiger partial charge is 0.355 e. The number of piperazine rings is 1. The van der Waals surface area contributed by atoms with Gasteiger partial charge in [0.1, 0.15) is 0 Å². The number of hydrogen-bond donors (Lipinski definition) is 2. The van der Waals surface area contributed by atoms with Crippen LogP contribution in [0.1, 0.15) is 26.7 Å². The van der Waals surface area contributed by atoms with Crippen molar-refractivity contribution >= 4 is 11.8 Å². The zero-order valence-electron chi connectivity index (χ0n) is 10.5. The van der Waals surface area contributed by atoms with Gasteiger partial charge in [-0.05, 0) is 20.3 Å². The van der Waals surface area contributed by atoms with E-state index in [9.17, 15) is 9.59 Å². The van der Waals surface area contributed by atoms with Gasteiger partial charge in [0.2, 0.25) is 11.8 Å². The van der Waals surface area contributed by atoms with Crippen molar-refractivity contribution in [3.8, 4) is 0 Å². The minimum atomic E-state index is -0.0318. The van der Waals surface area contributed by atoms with E-state index in [-0.39, 0.29) is 29.8 Å². The molecule has 2 saturated heterocycles. The van der Waals surface area contributed by atoms with Crippen molar-refractivity contribution in [1.29, 1.82) is 0 Å². The Balaban J connectivity index is 2.00. The van der Waals surface area contributed by atoms with E-state index in [1.54, 1.807) is 0 Å². The van der Waals surface area contributed by atoms with Gasteiger partial charge in [0.05, 0.1) is 5.92 Å². The molecule has 2 N–H and O–H groups in total. The lowest BCUT2D eigenvalue weighted by atomic mass is 9.95. The van der Waals surface area contributed by atoms with Gasteiger partial charge in [-0.1, -0.05) is 0 Å². The maximum atomic E-state index is 12.4. The van der Waals surface area contributed by atoms with Crippen LogP contribution in [0, 0.1) is 5.92 Å². The van der Waals surface area contributed by atoms with E-state index in [1.165, 1.54) is 0 Å². The van der Waals surface area contributed by atoms with E-state index >= 15 is 0 Å². The number of piperidine rings is 1. The number of nitrogens with one attached hydrogen (secondary N) is 2. The van der Waals surface area contributed by atoms with Crippen molar-refractivity contribution in [2.45, 2.75) is 38.8 Å². The molecule has 0 radical (unpaired) electrons. The third kappa shape index (κ3) is 2.60. The Morgan fingerprint density at radius 3 is 2.41 bits per heavy atom. The third-order valence-electron chi connectivity index (χ3n) is 3.70. The van der Waals surface area contributed by atoms with E-state index in [2.05, 4.69) is 24.5 Å². The monoisotopic (exact) mass is 239 g/mol. The number of carbonyl (C=O) groups excluding carboxylic acids is 2. The first kappa shape index (κ1) is 12.4. The Hall–Kier alpha value is -1.10. The summed E-state index contributed by atoms with van der Waals surface area (Å²) in [5, 5.41) is 6.10. The Morgan fingerprint density at radius 1 is 1.24 bits per heavy atom. The van der Waals surface area contributed by atoms with Gasteiger partial charge in [-0.25, -0.2) is 0 Å². The smallest absolute Gasteiger partial charge is 0.228 e. The van der Waals surface area contributed by atoms with Crippen molar-refractivity contribution in [3.05, 3.63) is 0 Å². The number of carbonyl (C=O) groups is 2. The average Bonchev–Trinajstić information content (AvgIpc) is 2.29. The Morgan fingerprint density at radius 2 is 1.88 bits per heavy atom. The highest BCUT2D eigenvalue weighted by Gasteiger charge is 2.34. The summed E-state index contributed by atoms with van der Waals surface area (Å²) in [4.78, 5) is 25.5. The summed E-state index contributed by atoms with van der Waals surface area (Å²) < 4.78 is 0. The molecule has 0 aliphatic carbocycles. The maximum absolute atomic E-state index is 12.4. The molecule has 2 rings (SSSR count). The molecule has 17 heavy (non-hydrogen) atoms. The quantitative estimate of drug-likeness (QED) is 0.661. The van der Waals surface area contributed by atoms with E-state index < -0.39 is 0 Å². The molecule has 0 aromatic rings. The predicted molar refractivity (Wildman–Crippen MR) is 64.4 cm³/mol. The Kier molecular flexibility index (Phi) is 3.66. The molecule has 2 amide bonds. The Labute approximate surface area is 102 Å². The first-order chi connectivity index (χ1) is 8.09. The molecule has 3 atom stereocenters. The highest BCUT2D eigenvalue weighted by molar-refractivity contribution is 5.84. The summed E-state index contributed by atoms with van der Waals surface area (Å²) in [6, 6.07) is 0.479. The second-order valence-corrected chi connectivity index (χ2v) is 5.14. The molecule has 0 saturated carbocycles. The summed E-state index contributed by atoms with van der Waals surface area (Å²) in [7, 11) is 0. The molecule has 2 heterocycles. The SMILES string of the molecule is CC1CNCC(C)N1C(=O)C1CCC(=O)NC1. The third-order valence-corrected chi connectivity index (χ3v) is 3.70. The second kappa shape index (κ2) is 5.04. The van der Waals surface area contributed by atoms with Gasteiger partial charge < -0.3 is 15.5 Å². The molecular weight excluding hydrogens is 218 g/mol. The lowest BCUT2D eigenvalue weighted by molar-refractivity contribution is -0.142. The molecule has 0 aromatic heterocycles. The van der Waals surface area contributed by atoms with Crippen LogP contribution in [0.15, 0.2) is 0 Å². The van der Waals surface area contributed by atoms with Gasteiger partial charge in [-0.3, -0.25) is 9.59 Å². The number of amides is 2.